The number of benzene rings is 2. The highest BCUT2D eigenvalue weighted by molar-refractivity contribution is 8.15. The molecule has 0 spiro atoms. The Bertz CT molecular complexity index is 807. The molecule has 3 rings (SSSR count). The summed E-state index contributed by atoms with van der Waals surface area (Å²) < 4.78 is 13.4. The minimum Gasteiger partial charge on any atom is -0.507 e. The van der Waals surface area contributed by atoms with Gasteiger partial charge >= 0.3 is 0 Å². The molecule has 0 radical (unpaired) electrons. The van der Waals surface area contributed by atoms with Crippen LogP contribution in [0.4, 0.5) is 10.1 Å². The lowest BCUT2D eigenvalue weighted by Gasteiger charge is -2.14. The fraction of sp³-hybridized carbons (Fsp3) is 0.0625. The quantitative estimate of drug-likeness (QED) is 0.695. The average molecular weight is 329 g/mol. The molecule has 0 saturated carbocycles. The highest BCUT2D eigenvalue weighted by Crippen LogP contribution is 2.27. The van der Waals surface area contributed by atoms with Gasteiger partial charge < -0.3 is 5.11 Å². The van der Waals surface area contributed by atoms with Gasteiger partial charge in [0.15, 0.2) is 5.17 Å². The number of halogens is 1. The van der Waals surface area contributed by atoms with Crippen molar-refractivity contribution in [3.8, 4) is 5.75 Å². The third-order valence-electron chi connectivity index (χ3n) is 3.11. The topological polar surface area (TPSA) is 65.3 Å². The number of carbonyl (C=O) groups is 1. The predicted octanol–water partition coefficient (Wildman–Crippen LogP) is 3.00. The highest BCUT2D eigenvalue weighted by Gasteiger charge is 2.30. The number of thioether (sulfide) groups is 1. The Kier molecular flexibility index (Phi) is 4.38. The molecule has 1 fully saturated rings. The van der Waals surface area contributed by atoms with Crippen molar-refractivity contribution in [3.63, 3.8) is 0 Å². The van der Waals surface area contributed by atoms with Gasteiger partial charge in [0, 0.05) is 5.56 Å². The van der Waals surface area contributed by atoms with Crippen LogP contribution in [0.25, 0.3) is 0 Å². The molecule has 2 aromatic carbocycles. The zero-order valence-electron chi connectivity index (χ0n) is 11.9. The van der Waals surface area contributed by atoms with Gasteiger partial charge in [-0.1, -0.05) is 30.0 Å². The number of phenols is 1. The molecule has 0 aliphatic carbocycles. The lowest BCUT2D eigenvalue weighted by atomic mass is 10.2. The van der Waals surface area contributed by atoms with Gasteiger partial charge in [-0.05, 0) is 30.3 Å². The molecule has 1 N–H and O–H groups in total. The average Bonchev–Trinajstić information content (AvgIpc) is 2.90. The SMILES string of the molecule is O=C1CS/C(=N/N=C\c2ccccc2O)N1c1cccc(F)c1. The van der Waals surface area contributed by atoms with E-state index < -0.39 is 5.82 Å². The Morgan fingerprint density at radius 2 is 2.04 bits per heavy atom. The van der Waals surface area contributed by atoms with Crippen molar-refractivity contribution < 1.29 is 14.3 Å². The number of anilines is 1. The van der Waals surface area contributed by atoms with E-state index in [2.05, 4.69) is 10.2 Å². The third-order valence-corrected chi connectivity index (χ3v) is 4.02. The lowest BCUT2D eigenvalue weighted by molar-refractivity contribution is -0.115. The summed E-state index contributed by atoms with van der Waals surface area (Å²) in [4.78, 5) is 13.3. The Morgan fingerprint density at radius 3 is 2.83 bits per heavy atom. The third kappa shape index (κ3) is 3.40. The first-order valence-electron chi connectivity index (χ1n) is 6.75. The van der Waals surface area contributed by atoms with Crippen LogP contribution in [0.1, 0.15) is 5.56 Å². The van der Waals surface area contributed by atoms with E-state index in [0.29, 0.717) is 16.4 Å². The van der Waals surface area contributed by atoms with Crippen molar-refractivity contribution in [3.05, 3.63) is 59.9 Å². The summed E-state index contributed by atoms with van der Waals surface area (Å²) in [6.45, 7) is 0. The van der Waals surface area contributed by atoms with E-state index >= 15 is 0 Å². The minimum absolute atomic E-state index is 0.0913. The Balaban J connectivity index is 1.86. The van der Waals surface area contributed by atoms with Crippen LogP contribution in [0, 0.1) is 5.82 Å². The number of para-hydroxylation sites is 1. The summed E-state index contributed by atoms with van der Waals surface area (Å²) in [7, 11) is 0. The highest BCUT2D eigenvalue weighted by atomic mass is 32.2. The number of phenolic OH excluding ortho intramolecular Hbond substituents is 1. The predicted molar refractivity (Wildman–Crippen MR) is 89.5 cm³/mol. The smallest absolute Gasteiger partial charge is 0.243 e. The second-order valence-corrected chi connectivity index (χ2v) is 5.63. The molecule has 1 heterocycles. The molecule has 1 amide bonds. The van der Waals surface area contributed by atoms with Gasteiger partial charge in [0.1, 0.15) is 11.6 Å². The van der Waals surface area contributed by atoms with Crippen LogP contribution in [0.5, 0.6) is 5.75 Å². The normalized spacial score (nSPS) is 16.7. The summed E-state index contributed by atoms with van der Waals surface area (Å²) in [5.41, 5.74) is 0.931. The van der Waals surface area contributed by atoms with Gasteiger partial charge in [0.05, 0.1) is 17.7 Å². The largest absolute Gasteiger partial charge is 0.507 e. The van der Waals surface area contributed by atoms with Crippen molar-refractivity contribution in [2.75, 3.05) is 10.7 Å². The second kappa shape index (κ2) is 6.62. The standard InChI is InChI=1S/C16H12FN3O2S/c17-12-5-3-6-13(8-12)20-15(22)10-23-16(20)19-18-9-11-4-1-2-7-14(11)21/h1-9,21H,10H2/b18-9-,19-16+. The summed E-state index contributed by atoms with van der Waals surface area (Å²) >= 11 is 1.23. The number of amidine groups is 1. The van der Waals surface area contributed by atoms with Gasteiger partial charge in [0.25, 0.3) is 0 Å². The van der Waals surface area contributed by atoms with E-state index in [1.54, 1.807) is 30.3 Å². The number of amides is 1. The number of nitrogens with zero attached hydrogens (tertiary/aromatic N) is 3. The summed E-state index contributed by atoms with van der Waals surface area (Å²) in [5.74, 6) is -0.295. The maximum Gasteiger partial charge on any atom is 0.243 e. The molecule has 0 bridgehead atoms. The number of carbonyl (C=O) groups excluding carboxylic acids is 1. The molecular formula is C16H12FN3O2S. The van der Waals surface area contributed by atoms with E-state index in [-0.39, 0.29) is 17.4 Å². The van der Waals surface area contributed by atoms with Crippen molar-refractivity contribution >= 4 is 34.7 Å². The molecule has 2 aromatic rings. The minimum atomic E-state index is -0.427. The zero-order valence-corrected chi connectivity index (χ0v) is 12.7. The molecule has 0 atom stereocenters. The van der Waals surface area contributed by atoms with E-state index in [9.17, 15) is 14.3 Å². The Hall–Kier alpha value is -2.67. The van der Waals surface area contributed by atoms with Crippen molar-refractivity contribution in [2.45, 2.75) is 0 Å². The first kappa shape index (κ1) is 15.2. The molecular weight excluding hydrogens is 317 g/mol. The molecule has 116 valence electrons. The van der Waals surface area contributed by atoms with Gasteiger partial charge in [-0.25, -0.2) is 4.39 Å². The molecule has 1 aliphatic heterocycles. The number of hydrogen-bond acceptors (Lipinski definition) is 5. The summed E-state index contributed by atoms with van der Waals surface area (Å²) in [6, 6.07) is 12.4. The number of hydrogen-bond donors (Lipinski definition) is 1. The Labute approximate surface area is 136 Å². The van der Waals surface area contributed by atoms with Crippen molar-refractivity contribution in [2.24, 2.45) is 10.2 Å². The van der Waals surface area contributed by atoms with Crippen LogP contribution in [-0.4, -0.2) is 28.1 Å². The van der Waals surface area contributed by atoms with Crippen LogP contribution < -0.4 is 4.90 Å². The van der Waals surface area contributed by atoms with Gasteiger partial charge in [-0.15, -0.1) is 5.10 Å². The van der Waals surface area contributed by atoms with E-state index in [1.807, 2.05) is 0 Å². The Morgan fingerprint density at radius 1 is 1.22 bits per heavy atom. The first-order chi connectivity index (χ1) is 11.1. The van der Waals surface area contributed by atoms with E-state index in [4.69, 9.17) is 0 Å². The first-order valence-corrected chi connectivity index (χ1v) is 7.74. The van der Waals surface area contributed by atoms with E-state index in [1.165, 1.54) is 41.1 Å². The second-order valence-electron chi connectivity index (χ2n) is 4.68. The summed E-state index contributed by atoms with van der Waals surface area (Å²) in [6.07, 6.45) is 1.40. The summed E-state index contributed by atoms with van der Waals surface area (Å²) in [5, 5.41) is 18.0. The van der Waals surface area contributed by atoms with Crippen molar-refractivity contribution in [1.29, 1.82) is 0 Å². The molecule has 23 heavy (non-hydrogen) atoms. The molecule has 1 saturated heterocycles. The molecule has 0 unspecified atom stereocenters. The fourth-order valence-corrected chi connectivity index (χ4v) is 2.87. The number of rotatable bonds is 3. The number of aromatic hydroxyl groups is 1. The molecule has 5 nitrogen and oxygen atoms in total. The maximum absolute atomic E-state index is 13.4. The van der Waals surface area contributed by atoms with Crippen LogP contribution >= 0.6 is 11.8 Å². The molecule has 1 aliphatic rings. The molecule has 7 heteroatoms. The lowest BCUT2D eigenvalue weighted by Crippen LogP contribution is -2.29. The maximum atomic E-state index is 13.4. The van der Waals surface area contributed by atoms with Gasteiger partial charge in [-0.2, -0.15) is 5.10 Å². The van der Waals surface area contributed by atoms with Crippen molar-refractivity contribution in [1.82, 2.24) is 0 Å². The zero-order chi connectivity index (χ0) is 16.2. The van der Waals surface area contributed by atoms with E-state index in [0.717, 1.165) is 0 Å². The fourth-order valence-electron chi connectivity index (χ4n) is 2.04. The monoisotopic (exact) mass is 329 g/mol. The van der Waals surface area contributed by atoms with Crippen LogP contribution in [-0.2, 0) is 4.79 Å². The molecule has 0 aromatic heterocycles. The van der Waals surface area contributed by atoms with Crippen LogP contribution in [0.2, 0.25) is 0 Å². The van der Waals surface area contributed by atoms with Gasteiger partial charge in [0.2, 0.25) is 5.91 Å². The van der Waals surface area contributed by atoms with Crippen LogP contribution in [0.15, 0.2) is 58.7 Å². The van der Waals surface area contributed by atoms with Gasteiger partial charge in [-0.3, -0.25) is 9.69 Å². The van der Waals surface area contributed by atoms with Crippen LogP contribution in [0.3, 0.4) is 0 Å².